The molecular formula is C22H31N3O2. The van der Waals surface area contributed by atoms with Gasteiger partial charge in [0.15, 0.2) is 0 Å². The molecule has 4 saturated carbocycles. The van der Waals surface area contributed by atoms with Crippen LogP contribution >= 0.6 is 0 Å². The highest BCUT2D eigenvalue weighted by Crippen LogP contribution is 2.55. The van der Waals surface area contributed by atoms with Crippen LogP contribution in [0.3, 0.4) is 0 Å². The molecule has 1 atom stereocenters. The van der Waals surface area contributed by atoms with Crippen molar-refractivity contribution in [1.82, 2.24) is 15.2 Å². The van der Waals surface area contributed by atoms with E-state index in [4.69, 9.17) is 0 Å². The number of urea groups is 1. The molecule has 4 aliphatic carbocycles. The van der Waals surface area contributed by atoms with E-state index in [0.717, 1.165) is 49.4 Å². The number of pyridine rings is 1. The van der Waals surface area contributed by atoms with E-state index in [1.54, 1.807) is 6.20 Å². The highest BCUT2D eigenvalue weighted by Gasteiger charge is 2.51. The van der Waals surface area contributed by atoms with Crippen LogP contribution in [0.5, 0.6) is 0 Å². The molecule has 5 aliphatic rings. The lowest BCUT2D eigenvalue weighted by molar-refractivity contribution is -0.0169. The molecule has 2 amide bonds. The van der Waals surface area contributed by atoms with Gasteiger partial charge in [-0.05, 0) is 87.2 Å². The molecule has 1 saturated heterocycles. The standard InChI is InChI=1S/C22H31N3O2/c26-20(19-3-1-2-6-23-19)18-4-7-25(8-5-18)21(27)24-22-12-15-9-16(13-22)11-17(10-15)14-22/h1-3,6,15-18,20,26H,4-5,7-14H2,(H,24,27)/t15?,16?,17?,20-,22?/m1/s1. The fourth-order valence-corrected chi connectivity index (χ4v) is 6.78. The molecule has 1 aliphatic heterocycles. The van der Waals surface area contributed by atoms with Crippen LogP contribution in [-0.4, -0.2) is 39.6 Å². The summed E-state index contributed by atoms with van der Waals surface area (Å²) in [6, 6.07) is 5.80. The predicted molar refractivity (Wildman–Crippen MR) is 103 cm³/mol. The molecule has 4 bridgehead atoms. The van der Waals surface area contributed by atoms with Gasteiger partial charge in [-0.25, -0.2) is 4.79 Å². The summed E-state index contributed by atoms with van der Waals surface area (Å²) in [5, 5.41) is 14.1. The Morgan fingerprint density at radius 3 is 2.30 bits per heavy atom. The monoisotopic (exact) mass is 369 g/mol. The number of hydrogen-bond donors (Lipinski definition) is 2. The first-order valence-electron chi connectivity index (χ1n) is 10.8. The van der Waals surface area contributed by atoms with Gasteiger partial charge in [0.2, 0.25) is 0 Å². The quantitative estimate of drug-likeness (QED) is 0.857. The van der Waals surface area contributed by atoms with Crippen LogP contribution < -0.4 is 5.32 Å². The van der Waals surface area contributed by atoms with E-state index in [1.165, 1.54) is 38.5 Å². The number of amides is 2. The third kappa shape index (κ3) is 3.35. The number of likely N-dealkylation sites (tertiary alicyclic amines) is 1. The third-order valence-corrected chi connectivity index (χ3v) is 7.67. The summed E-state index contributed by atoms with van der Waals surface area (Å²) in [5.41, 5.74) is 0.824. The summed E-state index contributed by atoms with van der Waals surface area (Å²) < 4.78 is 0. The van der Waals surface area contributed by atoms with E-state index >= 15 is 0 Å². The summed E-state index contributed by atoms with van der Waals surface area (Å²) in [5.74, 6) is 2.71. The smallest absolute Gasteiger partial charge is 0.317 e. The largest absolute Gasteiger partial charge is 0.387 e. The van der Waals surface area contributed by atoms with E-state index in [0.29, 0.717) is 0 Å². The second-order valence-corrected chi connectivity index (χ2v) is 9.65. The van der Waals surface area contributed by atoms with Crippen molar-refractivity contribution in [2.75, 3.05) is 13.1 Å². The first-order chi connectivity index (χ1) is 13.1. The molecule has 146 valence electrons. The molecule has 1 aromatic rings. The molecule has 5 fully saturated rings. The fourth-order valence-electron chi connectivity index (χ4n) is 6.78. The average molecular weight is 370 g/mol. The summed E-state index contributed by atoms with van der Waals surface area (Å²) in [4.78, 5) is 19.2. The molecule has 0 aromatic carbocycles. The number of piperidine rings is 1. The van der Waals surface area contributed by atoms with Gasteiger partial charge in [0.25, 0.3) is 0 Å². The number of rotatable bonds is 3. The van der Waals surface area contributed by atoms with E-state index in [1.807, 2.05) is 23.1 Å². The number of nitrogens with one attached hydrogen (secondary N) is 1. The topological polar surface area (TPSA) is 65.5 Å². The zero-order valence-electron chi connectivity index (χ0n) is 16.0. The van der Waals surface area contributed by atoms with E-state index in [-0.39, 0.29) is 17.5 Å². The number of carbonyl (C=O) groups excluding carboxylic acids is 1. The minimum absolute atomic E-state index is 0.0795. The van der Waals surface area contributed by atoms with Gasteiger partial charge >= 0.3 is 6.03 Å². The number of nitrogens with zero attached hydrogens (tertiary/aromatic N) is 2. The van der Waals surface area contributed by atoms with Crippen molar-refractivity contribution in [2.45, 2.75) is 63.0 Å². The maximum Gasteiger partial charge on any atom is 0.317 e. The van der Waals surface area contributed by atoms with Crippen molar-refractivity contribution in [1.29, 1.82) is 0 Å². The van der Waals surface area contributed by atoms with Crippen LogP contribution in [0.15, 0.2) is 24.4 Å². The van der Waals surface area contributed by atoms with Crippen molar-refractivity contribution < 1.29 is 9.90 Å². The van der Waals surface area contributed by atoms with Gasteiger partial charge in [-0.1, -0.05) is 6.07 Å². The van der Waals surface area contributed by atoms with Crippen LogP contribution in [-0.2, 0) is 0 Å². The normalized spacial score (nSPS) is 36.6. The summed E-state index contributed by atoms with van der Waals surface area (Å²) in [7, 11) is 0. The maximum atomic E-state index is 13.0. The predicted octanol–water partition coefficient (Wildman–Crippen LogP) is 3.51. The van der Waals surface area contributed by atoms with Gasteiger partial charge < -0.3 is 15.3 Å². The molecule has 5 heteroatoms. The highest BCUT2D eigenvalue weighted by atomic mass is 16.3. The first-order valence-corrected chi connectivity index (χ1v) is 10.8. The van der Waals surface area contributed by atoms with Crippen LogP contribution in [0.25, 0.3) is 0 Å². The molecule has 5 nitrogen and oxygen atoms in total. The molecular weight excluding hydrogens is 338 g/mol. The first kappa shape index (κ1) is 17.5. The van der Waals surface area contributed by atoms with E-state index < -0.39 is 6.10 Å². The van der Waals surface area contributed by atoms with Gasteiger partial charge in [0.1, 0.15) is 0 Å². The Morgan fingerprint density at radius 1 is 1.11 bits per heavy atom. The van der Waals surface area contributed by atoms with Gasteiger partial charge in [0.05, 0.1) is 11.8 Å². The highest BCUT2D eigenvalue weighted by molar-refractivity contribution is 5.75. The molecule has 0 spiro atoms. The van der Waals surface area contributed by atoms with Crippen LogP contribution in [0.4, 0.5) is 4.79 Å². The zero-order chi connectivity index (χ0) is 18.4. The van der Waals surface area contributed by atoms with Crippen molar-refractivity contribution >= 4 is 6.03 Å². The van der Waals surface area contributed by atoms with Gasteiger partial charge in [-0.15, -0.1) is 0 Å². The number of carbonyl (C=O) groups is 1. The number of aliphatic hydroxyl groups excluding tert-OH is 1. The van der Waals surface area contributed by atoms with E-state index in [2.05, 4.69) is 10.3 Å². The zero-order valence-corrected chi connectivity index (χ0v) is 16.0. The van der Waals surface area contributed by atoms with Gasteiger partial charge in [0, 0.05) is 24.8 Å². The lowest BCUT2D eigenvalue weighted by atomic mass is 9.53. The maximum absolute atomic E-state index is 13.0. The Morgan fingerprint density at radius 2 is 1.74 bits per heavy atom. The number of aliphatic hydroxyl groups is 1. The second kappa shape index (κ2) is 6.77. The lowest BCUT2D eigenvalue weighted by Crippen LogP contribution is -2.62. The molecule has 2 N–H and O–H groups in total. The number of aromatic nitrogens is 1. The van der Waals surface area contributed by atoms with Gasteiger partial charge in [-0.2, -0.15) is 0 Å². The minimum Gasteiger partial charge on any atom is -0.387 e. The summed E-state index contributed by atoms with van der Waals surface area (Å²) in [6.45, 7) is 1.46. The molecule has 0 unspecified atom stereocenters. The van der Waals surface area contributed by atoms with Gasteiger partial charge in [-0.3, -0.25) is 4.98 Å². The molecule has 6 rings (SSSR count). The lowest BCUT2D eigenvalue weighted by Gasteiger charge is -2.57. The molecule has 2 heterocycles. The van der Waals surface area contributed by atoms with Crippen LogP contribution in [0, 0.1) is 23.7 Å². The van der Waals surface area contributed by atoms with Crippen LogP contribution in [0.2, 0.25) is 0 Å². The SMILES string of the molecule is O=C(NC12CC3CC(CC(C3)C1)C2)N1CCC([C@@H](O)c2ccccn2)CC1. The van der Waals surface area contributed by atoms with E-state index in [9.17, 15) is 9.90 Å². The Balaban J connectivity index is 1.17. The van der Waals surface area contributed by atoms with Crippen molar-refractivity contribution in [2.24, 2.45) is 23.7 Å². The second-order valence-electron chi connectivity index (χ2n) is 9.65. The fraction of sp³-hybridized carbons (Fsp3) is 0.727. The Labute approximate surface area is 161 Å². The molecule has 1 aromatic heterocycles. The Kier molecular flexibility index (Phi) is 4.38. The molecule has 0 radical (unpaired) electrons. The average Bonchev–Trinajstić information content (AvgIpc) is 2.67. The summed E-state index contributed by atoms with van der Waals surface area (Å²) >= 11 is 0. The summed E-state index contributed by atoms with van der Waals surface area (Å²) in [6.07, 6.45) is 10.6. The molecule has 27 heavy (non-hydrogen) atoms. The third-order valence-electron chi connectivity index (χ3n) is 7.67. The number of hydrogen-bond acceptors (Lipinski definition) is 3. The van der Waals surface area contributed by atoms with Crippen molar-refractivity contribution in [3.8, 4) is 0 Å². The Hall–Kier alpha value is -1.62. The Bertz CT molecular complexity index is 649. The minimum atomic E-state index is -0.528. The van der Waals surface area contributed by atoms with Crippen LogP contribution in [0.1, 0.15) is 63.2 Å². The van der Waals surface area contributed by atoms with Crippen molar-refractivity contribution in [3.63, 3.8) is 0 Å². The van der Waals surface area contributed by atoms with Crippen molar-refractivity contribution in [3.05, 3.63) is 30.1 Å².